The third-order valence-corrected chi connectivity index (χ3v) is 9.33. The molecule has 4 aromatic carbocycles. The van der Waals surface area contributed by atoms with Crippen molar-refractivity contribution in [3.8, 4) is 22.8 Å². The Bertz CT molecular complexity index is 2560. The standard InChI is InChI=1S/C36H22N4S.C4H6.C3H6.C2H6/c1-2-9-25(10-3-1)39-17-15-23-18-32-28(20-31(23)39)27-19-29-26-11-4-5-13-34(26)41-35(29)21-33(27)40(32)36-14-6-12-30(38-36)24-8-7-16-37-22-24;1-3-4-2;1-3-2;1-2/h1-22H;3-4H,1-2H2;3H,1H2,2H3;1-2H3. The summed E-state index contributed by atoms with van der Waals surface area (Å²) in [5.41, 5.74) is 6.57. The minimum absolute atomic E-state index is 0.897. The average molecular weight is 669 g/mol. The van der Waals surface area contributed by atoms with Gasteiger partial charge in [0, 0.05) is 66.2 Å². The number of hydrogen-bond donors (Lipinski definition) is 0. The number of rotatable bonds is 4. The van der Waals surface area contributed by atoms with Gasteiger partial charge in [0.2, 0.25) is 0 Å². The van der Waals surface area contributed by atoms with Crippen molar-refractivity contribution in [3.05, 3.63) is 172 Å². The predicted octanol–water partition coefficient (Wildman–Crippen LogP) is 13.1. The van der Waals surface area contributed by atoms with Crippen LogP contribution in [0.1, 0.15) is 20.8 Å². The zero-order valence-corrected chi connectivity index (χ0v) is 29.6. The molecule has 0 aliphatic carbocycles. The monoisotopic (exact) mass is 668 g/mol. The Kier molecular flexibility index (Phi) is 10.5. The molecular formula is C45H40N4S. The maximum absolute atomic E-state index is 5.16. The molecule has 5 heterocycles. The zero-order valence-electron chi connectivity index (χ0n) is 28.8. The van der Waals surface area contributed by atoms with Crippen LogP contribution in [0.5, 0.6) is 0 Å². The highest BCUT2D eigenvalue weighted by atomic mass is 32.1. The molecule has 246 valence electrons. The first kappa shape index (κ1) is 33.8. The van der Waals surface area contributed by atoms with Crippen LogP contribution in [0.2, 0.25) is 0 Å². The summed E-state index contributed by atoms with van der Waals surface area (Å²) in [4.78, 5) is 9.48. The maximum atomic E-state index is 5.16. The zero-order chi connectivity index (χ0) is 35.0. The molecule has 0 aliphatic rings. The highest BCUT2D eigenvalue weighted by Gasteiger charge is 2.18. The van der Waals surface area contributed by atoms with Crippen LogP contribution < -0.4 is 0 Å². The molecule has 0 atom stereocenters. The highest BCUT2D eigenvalue weighted by molar-refractivity contribution is 7.25. The highest BCUT2D eigenvalue weighted by Crippen LogP contribution is 2.41. The van der Waals surface area contributed by atoms with Gasteiger partial charge in [-0.1, -0.05) is 87.7 Å². The summed E-state index contributed by atoms with van der Waals surface area (Å²) < 4.78 is 7.19. The Hall–Kier alpha value is -6.04. The van der Waals surface area contributed by atoms with Crippen molar-refractivity contribution >= 4 is 64.2 Å². The Labute approximate surface area is 297 Å². The van der Waals surface area contributed by atoms with Crippen molar-refractivity contribution in [1.29, 1.82) is 0 Å². The molecule has 9 aromatic rings. The van der Waals surface area contributed by atoms with Gasteiger partial charge in [-0.05, 0) is 79.7 Å². The summed E-state index contributed by atoms with van der Waals surface area (Å²) in [6.07, 6.45) is 10.9. The van der Waals surface area contributed by atoms with Crippen LogP contribution in [-0.4, -0.2) is 19.1 Å². The van der Waals surface area contributed by atoms with Crippen LogP contribution in [0.4, 0.5) is 0 Å². The number of nitrogens with zero attached hydrogens (tertiary/aromatic N) is 4. The van der Waals surface area contributed by atoms with Crippen molar-refractivity contribution in [2.45, 2.75) is 20.8 Å². The SMILES string of the molecule is C=CC.C=CC=C.CC.c1ccc(-n2ccc3cc4c(cc32)c2cc3c(cc2n4-c2cccc(-c4cccnc4)n2)sc2ccccc23)cc1. The number of pyridine rings is 2. The van der Waals surface area contributed by atoms with Gasteiger partial charge in [-0.25, -0.2) is 4.98 Å². The second-order valence-electron chi connectivity index (χ2n) is 11.3. The van der Waals surface area contributed by atoms with E-state index < -0.39 is 0 Å². The van der Waals surface area contributed by atoms with Crippen LogP contribution in [0, 0.1) is 0 Å². The molecule has 0 saturated carbocycles. The molecule has 5 heteroatoms. The largest absolute Gasteiger partial charge is 0.317 e. The summed E-state index contributed by atoms with van der Waals surface area (Å²) in [5, 5.41) is 6.25. The second-order valence-corrected chi connectivity index (χ2v) is 12.3. The summed E-state index contributed by atoms with van der Waals surface area (Å²) in [7, 11) is 0. The van der Waals surface area contributed by atoms with E-state index in [1.54, 1.807) is 24.4 Å². The van der Waals surface area contributed by atoms with E-state index in [0.29, 0.717) is 0 Å². The summed E-state index contributed by atoms with van der Waals surface area (Å²) in [6.45, 7) is 16.0. The molecule has 0 bridgehead atoms. The van der Waals surface area contributed by atoms with Gasteiger partial charge < -0.3 is 4.57 Å². The smallest absolute Gasteiger partial charge is 0.138 e. The maximum Gasteiger partial charge on any atom is 0.138 e. The van der Waals surface area contributed by atoms with Crippen molar-refractivity contribution in [2.75, 3.05) is 0 Å². The van der Waals surface area contributed by atoms with E-state index >= 15 is 0 Å². The van der Waals surface area contributed by atoms with Crippen molar-refractivity contribution in [2.24, 2.45) is 0 Å². The predicted molar refractivity (Wildman–Crippen MR) is 219 cm³/mol. The molecule has 0 fully saturated rings. The quantitative estimate of drug-likeness (QED) is 0.138. The fourth-order valence-corrected chi connectivity index (χ4v) is 7.27. The lowest BCUT2D eigenvalue weighted by molar-refractivity contribution is 1.08. The average Bonchev–Trinajstić information content (AvgIpc) is 3.86. The second kappa shape index (κ2) is 15.5. The Morgan fingerprint density at radius 1 is 0.640 bits per heavy atom. The van der Waals surface area contributed by atoms with E-state index in [9.17, 15) is 0 Å². The summed E-state index contributed by atoms with van der Waals surface area (Å²) in [5.74, 6) is 0.897. The van der Waals surface area contributed by atoms with E-state index in [2.05, 4.69) is 149 Å². The topological polar surface area (TPSA) is 35.6 Å². The molecule has 0 unspecified atom stereocenters. The van der Waals surface area contributed by atoms with Crippen LogP contribution in [-0.2, 0) is 0 Å². The first-order valence-electron chi connectivity index (χ1n) is 16.8. The fraction of sp³-hybridized carbons (Fsp3) is 0.0667. The molecule has 5 aromatic heterocycles. The molecule has 0 spiro atoms. The molecule has 50 heavy (non-hydrogen) atoms. The molecule has 0 aliphatic heterocycles. The molecular weight excluding hydrogens is 629 g/mol. The fourth-order valence-electron chi connectivity index (χ4n) is 6.15. The van der Waals surface area contributed by atoms with Crippen LogP contribution in [0.15, 0.2) is 172 Å². The minimum Gasteiger partial charge on any atom is -0.317 e. The lowest BCUT2D eigenvalue weighted by atomic mass is 10.1. The Balaban J connectivity index is 0.000000438. The number of aromatic nitrogens is 4. The molecule has 0 saturated heterocycles. The summed E-state index contributed by atoms with van der Waals surface area (Å²) in [6, 6.07) is 41.1. The Morgan fingerprint density at radius 2 is 1.36 bits per heavy atom. The number of benzene rings is 4. The molecule has 9 rings (SSSR count). The van der Waals surface area contributed by atoms with Crippen molar-refractivity contribution < 1.29 is 0 Å². The first-order chi connectivity index (χ1) is 24.6. The van der Waals surface area contributed by atoms with Crippen LogP contribution in [0.3, 0.4) is 0 Å². The van der Waals surface area contributed by atoms with Gasteiger partial charge in [0.25, 0.3) is 0 Å². The van der Waals surface area contributed by atoms with E-state index in [-0.39, 0.29) is 0 Å². The van der Waals surface area contributed by atoms with Gasteiger partial charge in [-0.15, -0.1) is 17.9 Å². The molecule has 0 radical (unpaired) electrons. The number of para-hydroxylation sites is 1. The Morgan fingerprint density at radius 3 is 2.10 bits per heavy atom. The first-order valence-corrected chi connectivity index (χ1v) is 17.6. The van der Waals surface area contributed by atoms with Gasteiger partial charge in [0.1, 0.15) is 5.82 Å². The van der Waals surface area contributed by atoms with E-state index in [4.69, 9.17) is 4.98 Å². The molecule has 4 nitrogen and oxygen atoms in total. The molecule has 0 amide bonds. The van der Waals surface area contributed by atoms with Gasteiger partial charge in [-0.3, -0.25) is 9.55 Å². The van der Waals surface area contributed by atoms with E-state index in [1.807, 2.05) is 44.4 Å². The van der Waals surface area contributed by atoms with Crippen LogP contribution >= 0.6 is 11.3 Å². The number of allylic oxidation sites excluding steroid dienone is 3. The number of fused-ring (bicyclic) bond motifs is 7. The number of thiophene rings is 1. The van der Waals surface area contributed by atoms with Gasteiger partial charge in [0.15, 0.2) is 0 Å². The summed E-state index contributed by atoms with van der Waals surface area (Å²) >= 11 is 1.85. The van der Waals surface area contributed by atoms with Gasteiger partial charge in [-0.2, -0.15) is 0 Å². The third kappa shape index (κ3) is 6.39. The lowest BCUT2D eigenvalue weighted by Crippen LogP contribution is -1.98. The minimum atomic E-state index is 0.897. The van der Waals surface area contributed by atoms with Crippen molar-refractivity contribution in [3.63, 3.8) is 0 Å². The van der Waals surface area contributed by atoms with Gasteiger partial charge in [0.05, 0.1) is 22.2 Å². The molecule has 0 N–H and O–H groups in total. The van der Waals surface area contributed by atoms with Crippen molar-refractivity contribution in [1.82, 2.24) is 19.1 Å². The van der Waals surface area contributed by atoms with E-state index in [1.165, 1.54) is 41.8 Å². The van der Waals surface area contributed by atoms with Crippen LogP contribution in [0.25, 0.3) is 75.6 Å². The van der Waals surface area contributed by atoms with E-state index in [0.717, 1.165) is 33.8 Å². The number of hydrogen-bond acceptors (Lipinski definition) is 3. The lowest BCUT2D eigenvalue weighted by Gasteiger charge is -2.10. The third-order valence-electron chi connectivity index (χ3n) is 8.20. The van der Waals surface area contributed by atoms with Gasteiger partial charge >= 0.3 is 0 Å². The normalized spacial score (nSPS) is 10.5.